The van der Waals surface area contributed by atoms with Gasteiger partial charge in [-0.2, -0.15) is 0 Å². The van der Waals surface area contributed by atoms with Crippen LogP contribution in [0.2, 0.25) is 0 Å². The van der Waals surface area contributed by atoms with Gasteiger partial charge in [0.15, 0.2) is 18.1 Å². The predicted molar refractivity (Wildman–Crippen MR) is 118 cm³/mol. The van der Waals surface area contributed by atoms with E-state index < -0.39 is 11.8 Å². The van der Waals surface area contributed by atoms with Crippen molar-refractivity contribution in [1.29, 1.82) is 0 Å². The first-order chi connectivity index (χ1) is 15.5. The molecule has 1 heterocycles. The lowest BCUT2D eigenvalue weighted by molar-refractivity contribution is -0.118. The van der Waals surface area contributed by atoms with E-state index in [0.717, 1.165) is 0 Å². The van der Waals surface area contributed by atoms with Crippen LogP contribution in [0.3, 0.4) is 0 Å². The summed E-state index contributed by atoms with van der Waals surface area (Å²) < 4.78 is 15.8. The molecule has 1 aromatic heterocycles. The number of para-hydroxylation sites is 2. The minimum Gasteiger partial charge on any atom is -0.493 e. The van der Waals surface area contributed by atoms with Crippen LogP contribution in [-0.2, 0) is 9.59 Å². The molecule has 0 aliphatic carbocycles. The maximum atomic E-state index is 12.2. The zero-order valence-corrected chi connectivity index (χ0v) is 17.6. The van der Waals surface area contributed by atoms with E-state index in [1.807, 2.05) is 0 Å². The van der Waals surface area contributed by atoms with Crippen molar-refractivity contribution in [3.8, 4) is 11.5 Å². The Balaban J connectivity index is 1.49. The topological polar surface area (TPSA) is 119 Å². The van der Waals surface area contributed by atoms with Gasteiger partial charge >= 0.3 is 0 Å². The van der Waals surface area contributed by atoms with Crippen molar-refractivity contribution in [3.63, 3.8) is 0 Å². The van der Waals surface area contributed by atoms with Crippen molar-refractivity contribution < 1.29 is 28.3 Å². The SMILES string of the molecule is COc1ccccc1OCC(=O)Nc1cccc(NC(=O)CNC(=O)c2ccoc2C)c1. The fourth-order valence-electron chi connectivity index (χ4n) is 2.83. The summed E-state index contributed by atoms with van der Waals surface area (Å²) in [6.45, 7) is 1.24. The summed E-state index contributed by atoms with van der Waals surface area (Å²) in [5.74, 6) is 0.270. The molecule has 0 aliphatic rings. The van der Waals surface area contributed by atoms with E-state index in [-0.39, 0.29) is 19.1 Å². The largest absolute Gasteiger partial charge is 0.493 e. The lowest BCUT2D eigenvalue weighted by Crippen LogP contribution is -2.33. The van der Waals surface area contributed by atoms with E-state index in [4.69, 9.17) is 13.9 Å². The number of furan rings is 1. The van der Waals surface area contributed by atoms with Gasteiger partial charge in [-0.25, -0.2) is 0 Å². The molecular formula is C23H23N3O6. The van der Waals surface area contributed by atoms with Crippen molar-refractivity contribution >= 4 is 29.1 Å². The highest BCUT2D eigenvalue weighted by Crippen LogP contribution is 2.25. The normalized spacial score (nSPS) is 10.2. The van der Waals surface area contributed by atoms with E-state index in [1.54, 1.807) is 55.5 Å². The van der Waals surface area contributed by atoms with Gasteiger partial charge in [-0.15, -0.1) is 0 Å². The maximum absolute atomic E-state index is 12.2. The summed E-state index contributed by atoms with van der Waals surface area (Å²) in [6.07, 6.45) is 1.41. The summed E-state index contributed by atoms with van der Waals surface area (Å²) in [6, 6.07) is 15.2. The molecule has 0 unspecified atom stereocenters. The second-order valence-electron chi connectivity index (χ2n) is 6.69. The number of aryl methyl sites for hydroxylation is 1. The summed E-state index contributed by atoms with van der Waals surface area (Å²) in [4.78, 5) is 36.4. The summed E-state index contributed by atoms with van der Waals surface area (Å²) in [5.41, 5.74) is 1.32. The first-order valence-electron chi connectivity index (χ1n) is 9.74. The van der Waals surface area contributed by atoms with Gasteiger partial charge in [-0.05, 0) is 43.3 Å². The fraction of sp³-hybridized carbons (Fsp3) is 0.174. The van der Waals surface area contributed by atoms with Gasteiger partial charge in [0.1, 0.15) is 5.76 Å². The molecule has 0 spiro atoms. The number of benzene rings is 2. The Morgan fingerprint density at radius 2 is 1.59 bits per heavy atom. The smallest absolute Gasteiger partial charge is 0.262 e. The van der Waals surface area contributed by atoms with Gasteiger partial charge in [0.2, 0.25) is 5.91 Å². The zero-order valence-electron chi connectivity index (χ0n) is 17.6. The zero-order chi connectivity index (χ0) is 22.9. The van der Waals surface area contributed by atoms with Crippen LogP contribution >= 0.6 is 0 Å². The van der Waals surface area contributed by atoms with Gasteiger partial charge in [0, 0.05) is 11.4 Å². The van der Waals surface area contributed by atoms with E-state index in [1.165, 1.54) is 19.4 Å². The molecule has 0 fully saturated rings. The number of carbonyl (C=O) groups excluding carboxylic acids is 3. The Hall–Kier alpha value is -4.27. The minimum absolute atomic E-state index is 0.212. The molecular weight excluding hydrogens is 414 g/mol. The van der Waals surface area contributed by atoms with E-state index in [0.29, 0.717) is 34.2 Å². The van der Waals surface area contributed by atoms with Crippen LogP contribution in [-0.4, -0.2) is 38.0 Å². The Labute approximate surface area is 184 Å². The van der Waals surface area contributed by atoms with Crippen LogP contribution in [0.4, 0.5) is 11.4 Å². The minimum atomic E-state index is -0.414. The highest BCUT2D eigenvalue weighted by Gasteiger charge is 2.13. The summed E-state index contributed by atoms with van der Waals surface area (Å²) in [5, 5.41) is 7.90. The molecule has 3 rings (SSSR count). The van der Waals surface area contributed by atoms with Gasteiger partial charge in [0.05, 0.1) is 25.5 Å². The third kappa shape index (κ3) is 6.11. The Morgan fingerprint density at radius 1 is 0.906 bits per heavy atom. The molecule has 9 heteroatoms. The third-order valence-electron chi connectivity index (χ3n) is 4.37. The van der Waals surface area contributed by atoms with Gasteiger partial charge in [0.25, 0.3) is 11.8 Å². The van der Waals surface area contributed by atoms with Crippen LogP contribution in [0.15, 0.2) is 65.3 Å². The number of nitrogens with one attached hydrogen (secondary N) is 3. The first-order valence-corrected chi connectivity index (χ1v) is 9.74. The standard InChI is InChI=1S/C23H23N3O6/c1-15-18(10-11-31-15)23(29)24-13-21(27)25-16-6-5-7-17(12-16)26-22(28)14-32-20-9-4-3-8-19(20)30-2/h3-12H,13-14H2,1-2H3,(H,24,29)(H,25,27)(H,26,28). The highest BCUT2D eigenvalue weighted by atomic mass is 16.5. The number of hydrogen-bond acceptors (Lipinski definition) is 6. The lowest BCUT2D eigenvalue weighted by Gasteiger charge is -2.11. The third-order valence-corrected chi connectivity index (χ3v) is 4.37. The molecule has 3 N–H and O–H groups in total. The van der Waals surface area contributed by atoms with Crippen molar-refractivity contribution in [2.75, 3.05) is 30.9 Å². The molecule has 0 saturated carbocycles. The molecule has 0 atom stereocenters. The second-order valence-corrected chi connectivity index (χ2v) is 6.69. The van der Waals surface area contributed by atoms with Gasteiger partial charge in [-0.1, -0.05) is 18.2 Å². The number of anilines is 2. The number of amides is 3. The van der Waals surface area contributed by atoms with Crippen molar-refractivity contribution in [3.05, 3.63) is 72.2 Å². The van der Waals surface area contributed by atoms with Crippen molar-refractivity contribution in [2.24, 2.45) is 0 Å². The molecule has 3 amide bonds. The van der Waals surface area contributed by atoms with E-state index >= 15 is 0 Å². The van der Waals surface area contributed by atoms with Gasteiger partial charge in [-0.3, -0.25) is 14.4 Å². The van der Waals surface area contributed by atoms with Crippen molar-refractivity contribution in [1.82, 2.24) is 5.32 Å². The average Bonchev–Trinajstić information content (AvgIpc) is 3.22. The highest BCUT2D eigenvalue weighted by molar-refractivity contribution is 6.00. The van der Waals surface area contributed by atoms with Crippen LogP contribution in [0, 0.1) is 6.92 Å². The molecule has 0 aliphatic heterocycles. The van der Waals surface area contributed by atoms with Crippen LogP contribution in [0.1, 0.15) is 16.1 Å². The lowest BCUT2D eigenvalue weighted by atomic mass is 10.2. The molecule has 32 heavy (non-hydrogen) atoms. The van der Waals surface area contributed by atoms with E-state index in [9.17, 15) is 14.4 Å². The van der Waals surface area contributed by atoms with Crippen LogP contribution in [0.5, 0.6) is 11.5 Å². The number of methoxy groups -OCH3 is 1. The molecule has 2 aromatic carbocycles. The summed E-state index contributed by atoms with van der Waals surface area (Å²) in [7, 11) is 1.52. The number of rotatable bonds is 9. The Bertz CT molecular complexity index is 1110. The molecule has 166 valence electrons. The Kier molecular flexibility index (Phi) is 7.47. The first kappa shape index (κ1) is 22.4. The number of hydrogen-bond donors (Lipinski definition) is 3. The quantitative estimate of drug-likeness (QED) is 0.474. The number of ether oxygens (including phenoxy) is 2. The summed E-state index contributed by atoms with van der Waals surface area (Å²) >= 11 is 0. The maximum Gasteiger partial charge on any atom is 0.262 e. The van der Waals surface area contributed by atoms with Gasteiger partial charge < -0.3 is 29.8 Å². The fourth-order valence-corrected chi connectivity index (χ4v) is 2.83. The molecule has 3 aromatic rings. The monoisotopic (exact) mass is 437 g/mol. The molecule has 9 nitrogen and oxygen atoms in total. The van der Waals surface area contributed by atoms with Crippen LogP contribution in [0.25, 0.3) is 0 Å². The van der Waals surface area contributed by atoms with Crippen molar-refractivity contribution in [2.45, 2.75) is 6.92 Å². The second kappa shape index (κ2) is 10.7. The average molecular weight is 437 g/mol. The predicted octanol–water partition coefficient (Wildman–Crippen LogP) is 2.98. The molecule has 0 radical (unpaired) electrons. The molecule has 0 saturated heterocycles. The Morgan fingerprint density at radius 3 is 2.25 bits per heavy atom. The molecule has 0 bridgehead atoms. The number of carbonyl (C=O) groups is 3. The van der Waals surface area contributed by atoms with Crippen LogP contribution < -0.4 is 25.4 Å². The van der Waals surface area contributed by atoms with E-state index in [2.05, 4.69) is 16.0 Å².